The van der Waals surface area contributed by atoms with Crippen LogP contribution < -0.4 is 5.32 Å². The number of sulfone groups is 1. The summed E-state index contributed by atoms with van der Waals surface area (Å²) >= 11 is 1.51. The van der Waals surface area contributed by atoms with Crippen LogP contribution >= 0.6 is 11.3 Å². The van der Waals surface area contributed by atoms with Crippen LogP contribution in [0.2, 0.25) is 0 Å². The second-order valence-corrected chi connectivity index (χ2v) is 9.09. The van der Waals surface area contributed by atoms with Gasteiger partial charge in [-0.05, 0) is 43.4 Å². The molecule has 0 unspecified atom stereocenters. The highest BCUT2D eigenvalue weighted by molar-refractivity contribution is 7.90. The van der Waals surface area contributed by atoms with E-state index in [1.807, 2.05) is 0 Å². The highest BCUT2D eigenvalue weighted by atomic mass is 32.2. The Labute approximate surface area is 139 Å². The Bertz CT molecular complexity index is 856. The number of rotatable bonds is 3. The molecule has 1 heterocycles. The van der Waals surface area contributed by atoms with Gasteiger partial charge in [0.2, 0.25) is 0 Å². The van der Waals surface area contributed by atoms with E-state index in [0.717, 1.165) is 31.2 Å². The second-order valence-electron chi connectivity index (χ2n) is 5.99. The largest absolute Gasteiger partial charge is 0.298 e. The summed E-state index contributed by atoms with van der Waals surface area (Å²) in [5, 5.41) is 3.36. The number of hydrogen-bond acceptors (Lipinski definition) is 5. The molecule has 1 aromatic heterocycles. The van der Waals surface area contributed by atoms with Gasteiger partial charge in [0.1, 0.15) is 0 Å². The van der Waals surface area contributed by atoms with E-state index in [1.54, 1.807) is 12.1 Å². The van der Waals surface area contributed by atoms with Gasteiger partial charge in [-0.25, -0.2) is 13.4 Å². The molecule has 0 saturated carbocycles. The Hall–Kier alpha value is -1.73. The van der Waals surface area contributed by atoms with Crippen molar-refractivity contribution >= 4 is 32.2 Å². The molecule has 0 fully saturated rings. The van der Waals surface area contributed by atoms with E-state index in [2.05, 4.69) is 17.2 Å². The molecule has 7 heteroatoms. The number of fused-ring (bicyclic) bond motifs is 1. The van der Waals surface area contributed by atoms with Crippen LogP contribution in [0.4, 0.5) is 5.13 Å². The molecule has 0 spiro atoms. The van der Waals surface area contributed by atoms with Gasteiger partial charge in [0.05, 0.1) is 10.6 Å². The molecular formula is C16H18N2O3S2. The van der Waals surface area contributed by atoms with Gasteiger partial charge in [-0.15, -0.1) is 11.3 Å². The van der Waals surface area contributed by atoms with E-state index >= 15 is 0 Å². The molecule has 5 nitrogen and oxygen atoms in total. The predicted molar refractivity (Wildman–Crippen MR) is 90.8 cm³/mol. The fraction of sp³-hybridized carbons (Fsp3) is 0.375. The third-order valence-corrected chi connectivity index (χ3v) is 6.08. The molecule has 122 valence electrons. The molecule has 1 N–H and O–H groups in total. The highest BCUT2D eigenvalue weighted by Crippen LogP contribution is 2.32. The number of anilines is 1. The third kappa shape index (κ3) is 3.61. The van der Waals surface area contributed by atoms with Crippen molar-refractivity contribution in [1.29, 1.82) is 0 Å². The van der Waals surface area contributed by atoms with Crippen molar-refractivity contribution in [3.05, 3.63) is 40.4 Å². The summed E-state index contributed by atoms with van der Waals surface area (Å²) in [6.07, 6.45) is 4.21. The van der Waals surface area contributed by atoms with Crippen LogP contribution in [-0.2, 0) is 22.7 Å². The summed E-state index contributed by atoms with van der Waals surface area (Å²) in [5.74, 6) is 0.313. The highest BCUT2D eigenvalue weighted by Gasteiger charge is 2.21. The van der Waals surface area contributed by atoms with Crippen molar-refractivity contribution in [2.75, 3.05) is 11.6 Å². The van der Waals surface area contributed by atoms with E-state index in [4.69, 9.17) is 0 Å². The van der Waals surface area contributed by atoms with Crippen LogP contribution in [0.3, 0.4) is 0 Å². The number of aryl methyl sites for hydroxylation is 1. The number of carbonyl (C=O) groups is 1. The second kappa shape index (κ2) is 6.05. The Morgan fingerprint density at radius 2 is 2.17 bits per heavy atom. The van der Waals surface area contributed by atoms with Crippen molar-refractivity contribution in [1.82, 2.24) is 4.98 Å². The van der Waals surface area contributed by atoms with E-state index < -0.39 is 9.84 Å². The summed E-state index contributed by atoms with van der Waals surface area (Å²) in [7, 11) is -3.33. The molecule has 0 radical (unpaired) electrons. The minimum Gasteiger partial charge on any atom is -0.298 e. The third-order valence-electron chi connectivity index (χ3n) is 3.93. The molecule has 1 amide bonds. The van der Waals surface area contributed by atoms with E-state index in [0.29, 0.717) is 16.6 Å². The molecule has 3 rings (SSSR count). The number of thiazole rings is 1. The smallest absolute Gasteiger partial charge is 0.257 e. The molecule has 23 heavy (non-hydrogen) atoms. The molecule has 1 aliphatic carbocycles. The lowest BCUT2D eigenvalue weighted by molar-refractivity contribution is 0.102. The fourth-order valence-electron chi connectivity index (χ4n) is 2.63. The molecule has 1 atom stereocenters. The van der Waals surface area contributed by atoms with E-state index in [9.17, 15) is 13.2 Å². The first-order valence-corrected chi connectivity index (χ1v) is 10.1. The van der Waals surface area contributed by atoms with Crippen LogP contribution in [0.15, 0.2) is 29.2 Å². The van der Waals surface area contributed by atoms with Crippen LogP contribution in [0, 0.1) is 5.92 Å². The average molecular weight is 350 g/mol. The first kappa shape index (κ1) is 16.1. The summed E-state index contributed by atoms with van der Waals surface area (Å²) in [5.41, 5.74) is 1.39. The standard InChI is InChI=1S/C16H18N2O3S2/c1-10-6-7-13-14(8-10)22-16(17-13)18-15(19)11-4-3-5-12(9-11)23(2,20)21/h3-5,9-10H,6-8H2,1-2H3,(H,17,18,19)/t10-/m0/s1. The molecule has 0 aliphatic heterocycles. The number of nitrogens with zero attached hydrogens (tertiary/aromatic N) is 1. The van der Waals surface area contributed by atoms with Gasteiger partial charge in [0, 0.05) is 16.7 Å². The van der Waals surface area contributed by atoms with Crippen molar-refractivity contribution in [2.45, 2.75) is 31.1 Å². The Morgan fingerprint density at radius 1 is 1.39 bits per heavy atom. The monoisotopic (exact) mass is 350 g/mol. The minimum absolute atomic E-state index is 0.136. The quantitative estimate of drug-likeness (QED) is 0.923. The number of carbonyl (C=O) groups excluding carboxylic acids is 1. The van der Waals surface area contributed by atoms with Crippen molar-refractivity contribution in [3.63, 3.8) is 0 Å². The molecule has 1 aliphatic rings. The first-order chi connectivity index (χ1) is 10.8. The summed E-state index contributed by atoms with van der Waals surface area (Å²) < 4.78 is 23.2. The lowest BCUT2D eigenvalue weighted by Gasteiger charge is -2.15. The zero-order chi connectivity index (χ0) is 16.6. The van der Waals surface area contributed by atoms with Crippen molar-refractivity contribution < 1.29 is 13.2 Å². The Balaban J connectivity index is 1.80. The van der Waals surface area contributed by atoms with Crippen molar-refractivity contribution in [2.24, 2.45) is 5.92 Å². The number of nitrogens with one attached hydrogen (secondary N) is 1. The number of amides is 1. The number of hydrogen-bond donors (Lipinski definition) is 1. The summed E-state index contributed by atoms with van der Waals surface area (Å²) in [6, 6.07) is 6.04. The van der Waals surface area contributed by atoms with Gasteiger partial charge < -0.3 is 0 Å². The number of aromatic nitrogens is 1. The zero-order valence-electron chi connectivity index (χ0n) is 13.0. The van der Waals surface area contributed by atoms with Gasteiger partial charge in [-0.1, -0.05) is 13.0 Å². The summed E-state index contributed by atoms with van der Waals surface area (Å²) in [4.78, 5) is 18.2. The van der Waals surface area contributed by atoms with Crippen LogP contribution in [0.25, 0.3) is 0 Å². The van der Waals surface area contributed by atoms with Crippen LogP contribution in [0.5, 0.6) is 0 Å². The minimum atomic E-state index is -3.33. The lowest BCUT2D eigenvalue weighted by atomic mass is 9.93. The Morgan fingerprint density at radius 3 is 2.91 bits per heavy atom. The van der Waals surface area contributed by atoms with Gasteiger partial charge in [0.25, 0.3) is 5.91 Å². The van der Waals surface area contributed by atoms with Gasteiger partial charge >= 0.3 is 0 Å². The molecular weight excluding hydrogens is 332 g/mol. The van der Waals surface area contributed by atoms with E-state index in [1.165, 1.54) is 28.3 Å². The van der Waals surface area contributed by atoms with E-state index in [-0.39, 0.29) is 10.8 Å². The van der Waals surface area contributed by atoms with Crippen LogP contribution in [0.1, 0.15) is 34.3 Å². The topological polar surface area (TPSA) is 76.1 Å². The maximum atomic E-state index is 12.3. The maximum Gasteiger partial charge on any atom is 0.257 e. The van der Waals surface area contributed by atoms with Gasteiger partial charge in [0.15, 0.2) is 15.0 Å². The maximum absolute atomic E-state index is 12.3. The molecule has 2 aromatic rings. The fourth-order valence-corrected chi connectivity index (χ4v) is 4.46. The molecule has 1 aromatic carbocycles. The SMILES string of the molecule is C[C@H]1CCc2nc(NC(=O)c3cccc(S(C)(=O)=O)c3)sc2C1. The first-order valence-electron chi connectivity index (χ1n) is 7.43. The van der Waals surface area contributed by atoms with Gasteiger partial charge in [-0.2, -0.15) is 0 Å². The average Bonchev–Trinajstić information content (AvgIpc) is 2.87. The zero-order valence-corrected chi connectivity index (χ0v) is 14.6. The lowest BCUT2D eigenvalue weighted by Crippen LogP contribution is -2.12. The Kier molecular flexibility index (Phi) is 4.25. The molecule has 0 bridgehead atoms. The number of benzene rings is 1. The predicted octanol–water partition coefficient (Wildman–Crippen LogP) is 2.92. The van der Waals surface area contributed by atoms with Crippen LogP contribution in [-0.4, -0.2) is 25.6 Å². The van der Waals surface area contributed by atoms with Gasteiger partial charge in [-0.3, -0.25) is 10.1 Å². The normalized spacial score (nSPS) is 17.6. The summed E-state index contributed by atoms with van der Waals surface area (Å²) in [6.45, 7) is 2.22. The van der Waals surface area contributed by atoms with Crippen molar-refractivity contribution in [3.8, 4) is 0 Å². The molecule has 0 saturated heterocycles.